The fourth-order valence-electron chi connectivity index (χ4n) is 3.12. The average molecular weight is 344 g/mol. The van der Waals surface area contributed by atoms with E-state index in [9.17, 15) is 14.7 Å². The highest BCUT2D eigenvalue weighted by atomic mass is 16.6. The molecular formula is C19H36O5. The van der Waals surface area contributed by atoms with Crippen LogP contribution in [0.5, 0.6) is 0 Å². The van der Waals surface area contributed by atoms with E-state index in [1.807, 2.05) is 13.8 Å². The van der Waals surface area contributed by atoms with E-state index in [1.54, 1.807) is 6.92 Å². The van der Waals surface area contributed by atoms with E-state index in [4.69, 9.17) is 9.84 Å². The van der Waals surface area contributed by atoms with Gasteiger partial charge in [0.15, 0.2) is 0 Å². The number of aliphatic carboxylic acids is 1. The summed E-state index contributed by atoms with van der Waals surface area (Å²) in [4.78, 5) is 23.2. The van der Waals surface area contributed by atoms with Gasteiger partial charge in [-0.3, -0.25) is 9.59 Å². The van der Waals surface area contributed by atoms with Gasteiger partial charge >= 0.3 is 11.9 Å². The van der Waals surface area contributed by atoms with Crippen LogP contribution in [0.15, 0.2) is 0 Å². The van der Waals surface area contributed by atoms with Crippen molar-refractivity contribution >= 4 is 11.9 Å². The van der Waals surface area contributed by atoms with Crippen LogP contribution in [0, 0.1) is 0 Å². The van der Waals surface area contributed by atoms with Gasteiger partial charge in [0.05, 0.1) is 5.60 Å². The SMILES string of the molecule is CCCCC(C)(O)CCC(=O)OC(CCC)(CCC)CCC(=O)O. The molecule has 0 aliphatic heterocycles. The molecule has 0 saturated heterocycles. The van der Waals surface area contributed by atoms with Crippen molar-refractivity contribution in [2.45, 2.75) is 110 Å². The fourth-order valence-corrected chi connectivity index (χ4v) is 3.12. The predicted octanol–water partition coefficient (Wildman–Crippen LogP) is 4.45. The summed E-state index contributed by atoms with van der Waals surface area (Å²) < 4.78 is 5.76. The molecule has 0 heterocycles. The third-order valence-electron chi connectivity index (χ3n) is 4.47. The summed E-state index contributed by atoms with van der Waals surface area (Å²) in [6.07, 6.45) is 6.51. The van der Waals surface area contributed by atoms with Gasteiger partial charge in [-0.05, 0) is 39.0 Å². The maximum atomic E-state index is 12.3. The number of ether oxygens (including phenoxy) is 1. The number of carbonyl (C=O) groups is 2. The molecule has 0 spiro atoms. The summed E-state index contributed by atoms with van der Waals surface area (Å²) in [6.45, 7) is 7.84. The molecule has 0 aromatic rings. The van der Waals surface area contributed by atoms with Gasteiger partial charge in [-0.2, -0.15) is 0 Å². The highest BCUT2D eigenvalue weighted by Gasteiger charge is 2.33. The molecule has 0 aromatic carbocycles. The van der Waals surface area contributed by atoms with Gasteiger partial charge in [-0.1, -0.05) is 46.5 Å². The second kappa shape index (κ2) is 11.5. The second-order valence-electron chi connectivity index (χ2n) is 7.15. The van der Waals surface area contributed by atoms with E-state index < -0.39 is 17.2 Å². The number of aliphatic hydroxyl groups is 1. The quantitative estimate of drug-likeness (QED) is 0.455. The number of hydrogen-bond acceptors (Lipinski definition) is 4. The first kappa shape index (κ1) is 22.9. The molecule has 2 N–H and O–H groups in total. The Balaban J connectivity index is 4.74. The molecule has 0 aliphatic rings. The Labute approximate surface area is 146 Å². The van der Waals surface area contributed by atoms with Gasteiger partial charge in [-0.15, -0.1) is 0 Å². The Morgan fingerprint density at radius 3 is 1.92 bits per heavy atom. The van der Waals surface area contributed by atoms with Crippen LogP contribution in [-0.4, -0.2) is 33.4 Å². The Hall–Kier alpha value is -1.10. The van der Waals surface area contributed by atoms with Crippen molar-refractivity contribution in [2.75, 3.05) is 0 Å². The van der Waals surface area contributed by atoms with Crippen molar-refractivity contribution in [2.24, 2.45) is 0 Å². The van der Waals surface area contributed by atoms with Crippen molar-refractivity contribution < 1.29 is 24.5 Å². The Morgan fingerprint density at radius 1 is 0.875 bits per heavy atom. The van der Waals surface area contributed by atoms with Crippen molar-refractivity contribution in [3.63, 3.8) is 0 Å². The summed E-state index contributed by atoms with van der Waals surface area (Å²) in [5, 5.41) is 19.3. The summed E-state index contributed by atoms with van der Waals surface area (Å²) in [5.41, 5.74) is -1.54. The van der Waals surface area contributed by atoms with Crippen molar-refractivity contribution in [3.8, 4) is 0 Å². The van der Waals surface area contributed by atoms with Crippen LogP contribution in [0.25, 0.3) is 0 Å². The molecule has 0 aliphatic carbocycles. The van der Waals surface area contributed by atoms with Crippen LogP contribution in [0.2, 0.25) is 0 Å². The van der Waals surface area contributed by atoms with Crippen LogP contribution >= 0.6 is 0 Å². The first-order valence-electron chi connectivity index (χ1n) is 9.36. The van der Waals surface area contributed by atoms with Gasteiger partial charge in [0, 0.05) is 12.8 Å². The first-order chi connectivity index (χ1) is 11.2. The molecule has 0 aromatic heterocycles. The summed E-state index contributed by atoms with van der Waals surface area (Å²) >= 11 is 0. The third kappa shape index (κ3) is 9.91. The van der Waals surface area contributed by atoms with Crippen LogP contribution in [0.3, 0.4) is 0 Å². The number of carboxylic acids is 1. The average Bonchev–Trinajstić information content (AvgIpc) is 2.50. The summed E-state index contributed by atoms with van der Waals surface area (Å²) in [7, 11) is 0. The molecule has 0 fully saturated rings. The van der Waals surface area contributed by atoms with Crippen LogP contribution in [0.4, 0.5) is 0 Å². The Kier molecular flexibility index (Phi) is 10.9. The third-order valence-corrected chi connectivity index (χ3v) is 4.47. The maximum Gasteiger partial charge on any atom is 0.306 e. The molecule has 0 radical (unpaired) electrons. The molecule has 5 heteroatoms. The molecule has 0 rings (SSSR count). The second-order valence-corrected chi connectivity index (χ2v) is 7.15. The topological polar surface area (TPSA) is 83.8 Å². The highest BCUT2D eigenvalue weighted by molar-refractivity contribution is 5.70. The van der Waals surface area contributed by atoms with Gasteiger partial charge < -0.3 is 14.9 Å². The molecule has 24 heavy (non-hydrogen) atoms. The summed E-state index contributed by atoms with van der Waals surface area (Å²) in [5.74, 6) is -1.20. The molecule has 0 amide bonds. The molecule has 0 saturated carbocycles. The number of rotatable bonds is 14. The van der Waals surface area contributed by atoms with Gasteiger partial charge in [0.2, 0.25) is 0 Å². The lowest BCUT2D eigenvalue weighted by Crippen LogP contribution is -2.36. The zero-order valence-electron chi connectivity index (χ0n) is 15.9. The largest absolute Gasteiger partial charge is 0.481 e. The summed E-state index contributed by atoms with van der Waals surface area (Å²) in [6, 6.07) is 0. The van der Waals surface area contributed by atoms with Gasteiger partial charge in [0.1, 0.15) is 5.60 Å². The predicted molar refractivity (Wildman–Crippen MR) is 94.9 cm³/mol. The lowest BCUT2D eigenvalue weighted by molar-refractivity contribution is -0.165. The smallest absolute Gasteiger partial charge is 0.306 e. The normalized spacial score (nSPS) is 14.2. The minimum Gasteiger partial charge on any atom is -0.481 e. The van der Waals surface area contributed by atoms with Crippen molar-refractivity contribution in [1.29, 1.82) is 0 Å². The van der Waals surface area contributed by atoms with E-state index in [0.717, 1.165) is 25.7 Å². The molecule has 1 unspecified atom stereocenters. The van der Waals surface area contributed by atoms with E-state index in [1.165, 1.54) is 0 Å². The van der Waals surface area contributed by atoms with Crippen LogP contribution < -0.4 is 0 Å². The van der Waals surface area contributed by atoms with Crippen molar-refractivity contribution in [1.82, 2.24) is 0 Å². The van der Waals surface area contributed by atoms with E-state index in [2.05, 4.69) is 6.92 Å². The monoisotopic (exact) mass is 344 g/mol. The maximum absolute atomic E-state index is 12.3. The molecular weight excluding hydrogens is 308 g/mol. The lowest BCUT2D eigenvalue weighted by Gasteiger charge is -2.33. The molecule has 0 bridgehead atoms. The number of hydrogen-bond donors (Lipinski definition) is 2. The Morgan fingerprint density at radius 2 is 1.46 bits per heavy atom. The minimum absolute atomic E-state index is 0.00148. The highest BCUT2D eigenvalue weighted by Crippen LogP contribution is 2.31. The minimum atomic E-state index is -0.870. The van der Waals surface area contributed by atoms with Gasteiger partial charge in [-0.25, -0.2) is 0 Å². The number of carbonyl (C=O) groups excluding carboxylic acids is 1. The fraction of sp³-hybridized carbons (Fsp3) is 0.895. The number of esters is 1. The molecule has 142 valence electrons. The van der Waals surface area contributed by atoms with E-state index in [0.29, 0.717) is 32.1 Å². The van der Waals surface area contributed by atoms with E-state index in [-0.39, 0.29) is 18.8 Å². The zero-order valence-corrected chi connectivity index (χ0v) is 15.9. The first-order valence-corrected chi connectivity index (χ1v) is 9.36. The van der Waals surface area contributed by atoms with Crippen molar-refractivity contribution in [3.05, 3.63) is 0 Å². The molecule has 5 nitrogen and oxygen atoms in total. The lowest BCUT2D eigenvalue weighted by atomic mass is 9.87. The van der Waals surface area contributed by atoms with Crippen LogP contribution in [0.1, 0.15) is 98.3 Å². The standard InChI is InChI=1S/C19H36O5/c1-5-8-13-18(4,23)14-10-17(22)24-19(11-6-2,12-7-3)15-9-16(20)21/h23H,5-15H2,1-4H3,(H,20,21). The zero-order chi connectivity index (χ0) is 18.6. The number of carboxylic acid groups (broad SMARTS) is 1. The van der Waals surface area contributed by atoms with E-state index >= 15 is 0 Å². The Bertz CT molecular complexity index is 370. The molecule has 1 atom stereocenters. The van der Waals surface area contributed by atoms with Crippen LogP contribution in [-0.2, 0) is 14.3 Å². The van der Waals surface area contributed by atoms with Gasteiger partial charge in [0.25, 0.3) is 0 Å². The number of unbranched alkanes of at least 4 members (excludes halogenated alkanes) is 1.